The fourth-order valence-electron chi connectivity index (χ4n) is 9.97. The van der Waals surface area contributed by atoms with E-state index in [1.165, 1.54) is 212 Å². The van der Waals surface area contributed by atoms with Gasteiger partial charge in [-0.25, -0.2) is 0 Å². The predicted octanol–water partition coefficient (Wildman–Crippen LogP) is 23.8. The maximum absolute atomic E-state index is 12.9. The summed E-state index contributed by atoms with van der Waals surface area (Å²) >= 11 is 0. The van der Waals surface area contributed by atoms with Crippen molar-refractivity contribution in [2.75, 3.05) is 13.2 Å². The highest BCUT2D eigenvalue weighted by molar-refractivity contribution is 5.71. The standard InChI is InChI=1S/C74H130O6/c1-4-7-10-13-16-19-22-24-26-28-30-32-34-36-37-39-40-42-44-46-48-50-52-55-58-61-64-67-73(76)79-70-71(69-78-72(75)66-63-60-57-54-21-18-15-12-9-6-3)80-74(77)68-65-62-59-56-53-51-49-47-45-43-41-38-35-33-31-29-27-25-23-20-17-14-11-8-5-2/h7,10,16,19,23-26,29-32,35,38,71H,4-6,8-9,11-15,17-18,20-22,27-28,33-34,36-37,39-70H2,1-3H3/b10-7-,19-16-,25-23-,26-24-,31-29-,32-30-,38-35-. The number of esters is 3. The third-order valence-electron chi connectivity index (χ3n) is 15.1. The molecule has 0 heterocycles. The Morgan fingerprint density at radius 1 is 0.263 bits per heavy atom. The van der Waals surface area contributed by atoms with Gasteiger partial charge in [0.25, 0.3) is 0 Å². The summed E-state index contributed by atoms with van der Waals surface area (Å²) in [6, 6.07) is 0. The van der Waals surface area contributed by atoms with Gasteiger partial charge in [-0.2, -0.15) is 0 Å². The molecule has 462 valence electrons. The lowest BCUT2D eigenvalue weighted by Gasteiger charge is -2.18. The van der Waals surface area contributed by atoms with Crippen LogP contribution in [0.1, 0.15) is 348 Å². The second-order valence-corrected chi connectivity index (χ2v) is 23.1. The van der Waals surface area contributed by atoms with E-state index in [1.54, 1.807) is 0 Å². The van der Waals surface area contributed by atoms with E-state index in [0.29, 0.717) is 19.3 Å². The van der Waals surface area contributed by atoms with Gasteiger partial charge in [0.15, 0.2) is 6.10 Å². The average molecular weight is 1120 g/mol. The Hall–Kier alpha value is -3.41. The van der Waals surface area contributed by atoms with E-state index in [-0.39, 0.29) is 31.1 Å². The highest BCUT2D eigenvalue weighted by atomic mass is 16.6. The first-order valence-electron chi connectivity index (χ1n) is 34.6. The molecule has 1 atom stereocenters. The van der Waals surface area contributed by atoms with Gasteiger partial charge < -0.3 is 14.2 Å². The molecule has 6 heteroatoms. The average Bonchev–Trinajstić information content (AvgIpc) is 3.46. The van der Waals surface area contributed by atoms with Crippen molar-refractivity contribution in [2.24, 2.45) is 0 Å². The summed E-state index contributed by atoms with van der Waals surface area (Å²) in [6.45, 7) is 6.54. The van der Waals surface area contributed by atoms with Crippen LogP contribution in [0.2, 0.25) is 0 Å². The second-order valence-electron chi connectivity index (χ2n) is 23.1. The maximum Gasteiger partial charge on any atom is 0.306 e. The highest BCUT2D eigenvalue weighted by Gasteiger charge is 2.19. The topological polar surface area (TPSA) is 78.9 Å². The number of carbonyl (C=O) groups is 3. The SMILES string of the molecule is CC/C=C\C/C=C\C/C=C\C/C=C\CCCCCCCCCCCCCCCCC(=O)OCC(COC(=O)CCCCCCCCCCCC)OC(=O)CCCCCCCCCCCC/C=C\C/C=C\C/C=C\CCCCCCC. The zero-order valence-electron chi connectivity index (χ0n) is 53.1. The normalized spacial score (nSPS) is 12.6. The van der Waals surface area contributed by atoms with Crippen molar-refractivity contribution in [2.45, 2.75) is 354 Å². The van der Waals surface area contributed by atoms with Gasteiger partial charge >= 0.3 is 17.9 Å². The summed E-state index contributed by atoms with van der Waals surface area (Å²) < 4.78 is 16.9. The number of ether oxygens (including phenoxy) is 3. The van der Waals surface area contributed by atoms with Crippen LogP contribution >= 0.6 is 0 Å². The minimum atomic E-state index is -0.777. The van der Waals surface area contributed by atoms with Crippen LogP contribution in [0.25, 0.3) is 0 Å². The lowest BCUT2D eigenvalue weighted by Crippen LogP contribution is -2.30. The first kappa shape index (κ1) is 76.6. The Labute approximate surface area is 496 Å². The molecule has 0 N–H and O–H groups in total. The van der Waals surface area contributed by atoms with E-state index in [9.17, 15) is 14.4 Å². The maximum atomic E-state index is 12.9. The van der Waals surface area contributed by atoms with Gasteiger partial charge in [0.1, 0.15) is 13.2 Å². The van der Waals surface area contributed by atoms with E-state index >= 15 is 0 Å². The monoisotopic (exact) mass is 1110 g/mol. The molecule has 0 saturated heterocycles. The molecule has 6 nitrogen and oxygen atoms in total. The van der Waals surface area contributed by atoms with E-state index in [2.05, 4.69) is 106 Å². The molecular formula is C74H130O6. The minimum absolute atomic E-state index is 0.0741. The second kappa shape index (κ2) is 68.1. The molecule has 0 aliphatic rings. The Morgan fingerprint density at radius 3 is 0.762 bits per heavy atom. The first-order valence-corrected chi connectivity index (χ1v) is 34.6. The third kappa shape index (κ3) is 65.4. The van der Waals surface area contributed by atoms with Gasteiger partial charge in [0, 0.05) is 19.3 Å². The van der Waals surface area contributed by atoms with Gasteiger partial charge in [-0.05, 0) is 96.3 Å². The van der Waals surface area contributed by atoms with Crippen LogP contribution in [0.4, 0.5) is 0 Å². The number of hydrogen-bond donors (Lipinski definition) is 0. The van der Waals surface area contributed by atoms with Gasteiger partial charge in [-0.3, -0.25) is 14.4 Å². The summed E-state index contributed by atoms with van der Waals surface area (Å²) in [4.78, 5) is 38.3. The summed E-state index contributed by atoms with van der Waals surface area (Å²) in [7, 11) is 0. The van der Waals surface area contributed by atoms with E-state index in [4.69, 9.17) is 14.2 Å². The Balaban J connectivity index is 4.20. The molecule has 0 aromatic heterocycles. The lowest BCUT2D eigenvalue weighted by molar-refractivity contribution is -0.167. The lowest BCUT2D eigenvalue weighted by atomic mass is 10.0. The van der Waals surface area contributed by atoms with Crippen LogP contribution < -0.4 is 0 Å². The Bertz CT molecular complexity index is 1520. The zero-order chi connectivity index (χ0) is 57.8. The molecule has 1 unspecified atom stereocenters. The number of carbonyl (C=O) groups excluding carboxylic acids is 3. The molecule has 0 aliphatic heterocycles. The van der Waals surface area contributed by atoms with E-state index in [1.807, 2.05) is 0 Å². The van der Waals surface area contributed by atoms with E-state index in [0.717, 1.165) is 96.3 Å². The van der Waals surface area contributed by atoms with Crippen molar-refractivity contribution in [3.05, 3.63) is 85.1 Å². The number of allylic oxidation sites excluding steroid dienone is 14. The van der Waals surface area contributed by atoms with Crippen molar-refractivity contribution in [1.29, 1.82) is 0 Å². The van der Waals surface area contributed by atoms with Crippen LogP contribution in [0.15, 0.2) is 85.1 Å². The number of hydrogen-bond acceptors (Lipinski definition) is 6. The van der Waals surface area contributed by atoms with Crippen molar-refractivity contribution in [1.82, 2.24) is 0 Å². The van der Waals surface area contributed by atoms with Crippen molar-refractivity contribution < 1.29 is 28.6 Å². The van der Waals surface area contributed by atoms with Crippen molar-refractivity contribution >= 4 is 17.9 Å². The van der Waals surface area contributed by atoms with Gasteiger partial charge in [0.2, 0.25) is 0 Å². The molecule has 0 amide bonds. The van der Waals surface area contributed by atoms with Gasteiger partial charge in [-0.15, -0.1) is 0 Å². The molecule has 0 spiro atoms. The summed E-state index contributed by atoms with van der Waals surface area (Å²) in [5, 5.41) is 0. The first-order chi connectivity index (χ1) is 39.5. The molecule has 0 rings (SSSR count). The van der Waals surface area contributed by atoms with Crippen LogP contribution in [0.5, 0.6) is 0 Å². The largest absolute Gasteiger partial charge is 0.462 e. The molecule has 0 bridgehead atoms. The fraction of sp³-hybridized carbons (Fsp3) is 0.770. The van der Waals surface area contributed by atoms with Crippen molar-refractivity contribution in [3.8, 4) is 0 Å². The van der Waals surface area contributed by atoms with Gasteiger partial charge in [0.05, 0.1) is 0 Å². The summed E-state index contributed by atoms with van der Waals surface area (Å²) in [5.41, 5.74) is 0. The van der Waals surface area contributed by atoms with E-state index < -0.39 is 6.10 Å². The fourth-order valence-corrected chi connectivity index (χ4v) is 9.97. The summed E-state index contributed by atoms with van der Waals surface area (Å²) in [5.74, 6) is -0.863. The summed E-state index contributed by atoms with van der Waals surface area (Å²) in [6.07, 6.45) is 90.4. The molecule has 0 saturated carbocycles. The molecule has 0 aliphatic carbocycles. The third-order valence-corrected chi connectivity index (χ3v) is 15.1. The van der Waals surface area contributed by atoms with Crippen LogP contribution in [0.3, 0.4) is 0 Å². The molecular weight excluding hydrogens is 985 g/mol. The van der Waals surface area contributed by atoms with Crippen LogP contribution in [-0.4, -0.2) is 37.2 Å². The molecule has 0 radical (unpaired) electrons. The molecule has 0 aromatic carbocycles. The van der Waals surface area contributed by atoms with Crippen LogP contribution in [-0.2, 0) is 28.6 Å². The molecule has 80 heavy (non-hydrogen) atoms. The van der Waals surface area contributed by atoms with Gasteiger partial charge in [-0.1, -0.05) is 318 Å². The number of unbranched alkanes of at least 4 members (excludes halogenated alkanes) is 38. The van der Waals surface area contributed by atoms with Crippen LogP contribution in [0, 0.1) is 0 Å². The highest BCUT2D eigenvalue weighted by Crippen LogP contribution is 2.17. The molecule has 0 fully saturated rings. The minimum Gasteiger partial charge on any atom is -0.462 e. The molecule has 0 aromatic rings. The van der Waals surface area contributed by atoms with Crippen molar-refractivity contribution in [3.63, 3.8) is 0 Å². The Morgan fingerprint density at radius 2 is 0.487 bits per heavy atom. The Kier molecular flexibility index (Phi) is 65.2. The predicted molar refractivity (Wildman–Crippen MR) is 348 cm³/mol. The smallest absolute Gasteiger partial charge is 0.306 e. The quantitative estimate of drug-likeness (QED) is 0.0261. The zero-order valence-corrected chi connectivity index (χ0v) is 53.1. The number of rotatable bonds is 63.